The van der Waals surface area contributed by atoms with Gasteiger partial charge in [-0.05, 0) is 12.1 Å². The van der Waals surface area contributed by atoms with Crippen LogP contribution < -0.4 is 11.3 Å². The Morgan fingerprint density at radius 3 is 3.20 bits per heavy atom. The van der Waals surface area contributed by atoms with E-state index in [4.69, 9.17) is 10.6 Å². The van der Waals surface area contributed by atoms with Crippen LogP contribution in [0.25, 0.3) is 0 Å². The highest BCUT2D eigenvalue weighted by atomic mass is 16.6. The van der Waals surface area contributed by atoms with Crippen molar-refractivity contribution in [3.8, 4) is 0 Å². The number of nitrogens with two attached hydrogens (primary N) is 1. The number of pyridine rings is 1. The zero-order chi connectivity index (χ0) is 10.7. The lowest BCUT2D eigenvalue weighted by Crippen LogP contribution is -2.24. The Kier molecular flexibility index (Phi) is 2.68. The number of nitrogen functional groups attached to an aromatic ring is 1. The number of hydrogen-bond acceptors (Lipinski definition) is 5. The van der Waals surface area contributed by atoms with E-state index >= 15 is 0 Å². The average Bonchev–Trinajstić information content (AvgIpc) is 2.65. The molecule has 1 amide bonds. The normalized spacial score (nSPS) is 15.3. The molecular weight excluding hydrogens is 196 g/mol. The van der Waals surface area contributed by atoms with Crippen molar-refractivity contribution in [3.05, 3.63) is 24.0 Å². The number of ether oxygens (including phenoxy) is 1. The second kappa shape index (κ2) is 4.14. The van der Waals surface area contributed by atoms with Crippen molar-refractivity contribution in [1.82, 2.24) is 9.88 Å². The summed E-state index contributed by atoms with van der Waals surface area (Å²) < 4.78 is 4.81. The van der Waals surface area contributed by atoms with Gasteiger partial charge in [-0.3, -0.25) is 15.7 Å². The number of carbonyl (C=O) groups excluding carboxylic acids is 1. The molecule has 6 heteroatoms. The van der Waals surface area contributed by atoms with E-state index in [2.05, 4.69) is 10.4 Å². The fourth-order valence-electron chi connectivity index (χ4n) is 1.42. The number of carbonyl (C=O) groups is 1. The lowest BCUT2D eigenvalue weighted by molar-refractivity contribution is 0.157. The molecule has 0 spiro atoms. The average molecular weight is 208 g/mol. The Labute approximate surface area is 87.0 Å². The molecule has 80 valence electrons. The van der Waals surface area contributed by atoms with Crippen LogP contribution in [0.1, 0.15) is 5.69 Å². The van der Waals surface area contributed by atoms with E-state index in [0.717, 1.165) is 11.4 Å². The van der Waals surface area contributed by atoms with E-state index in [1.807, 2.05) is 0 Å². The summed E-state index contributed by atoms with van der Waals surface area (Å²) in [5.74, 6) is 5.27. The van der Waals surface area contributed by atoms with E-state index in [1.54, 1.807) is 23.2 Å². The van der Waals surface area contributed by atoms with Crippen molar-refractivity contribution in [2.24, 2.45) is 5.84 Å². The molecule has 1 aromatic rings. The first-order valence-electron chi connectivity index (χ1n) is 4.63. The molecule has 0 bridgehead atoms. The third-order valence-corrected chi connectivity index (χ3v) is 2.18. The quantitative estimate of drug-likeness (QED) is 0.552. The summed E-state index contributed by atoms with van der Waals surface area (Å²) >= 11 is 0. The van der Waals surface area contributed by atoms with Crippen LogP contribution in [-0.2, 0) is 11.3 Å². The highest BCUT2D eigenvalue weighted by Gasteiger charge is 2.22. The van der Waals surface area contributed by atoms with Gasteiger partial charge < -0.3 is 10.2 Å². The molecule has 1 aliphatic heterocycles. The van der Waals surface area contributed by atoms with Crippen molar-refractivity contribution in [1.29, 1.82) is 0 Å². The number of amides is 1. The number of hydrazine groups is 1. The lowest BCUT2D eigenvalue weighted by atomic mass is 10.3. The first kappa shape index (κ1) is 9.72. The van der Waals surface area contributed by atoms with E-state index in [1.165, 1.54) is 0 Å². The van der Waals surface area contributed by atoms with E-state index < -0.39 is 0 Å². The monoisotopic (exact) mass is 208 g/mol. The Bertz CT molecular complexity index is 369. The largest absolute Gasteiger partial charge is 0.448 e. The van der Waals surface area contributed by atoms with Gasteiger partial charge in [-0.2, -0.15) is 0 Å². The topological polar surface area (TPSA) is 80.5 Å². The molecule has 15 heavy (non-hydrogen) atoms. The summed E-state index contributed by atoms with van der Waals surface area (Å²) in [6, 6.07) is 3.55. The molecule has 2 rings (SSSR count). The number of hydrogen-bond donors (Lipinski definition) is 2. The number of rotatable bonds is 3. The Hall–Kier alpha value is -1.82. The van der Waals surface area contributed by atoms with Crippen molar-refractivity contribution < 1.29 is 9.53 Å². The van der Waals surface area contributed by atoms with Gasteiger partial charge in [0.15, 0.2) is 0 Å². The van der Waals surface area contributed by atoms with Crippen LogP contribution in [0.5, 0.6) is 0 Å². The van der Waals surface area contributed by atoms with Gasteiger partial charge >= 0.3 is 6.09 Å². The minimum atomic E-state index is -0.289. The van der Waals surface area contributed by atoms with Gasteiger partial charge in [-0.1, -0.05) is 0 Å². The van der Waals surface area contributed by atoms with Gasteiger partial charge in [-0.25, -0.2) is 4.79 Å². The van der Waals surface area contributed by atoms with Gasteiger partial charge in [0.25, 0.3) is 0 Å². The van der Waals surface area contributed by atoms with Crippen LogP contribution in [-0.4, -0.2) is 29.1 Å². The van der Waals surface area contributed by atoms with Gasteiger partial charge in [0.05, 0.1) is 24.5 Å². The lowest BCUT2D eigenvalue weighted by Gasteiger charge is -2.12. The second-order valence-electron chi connectivity index (χ2n) is 3.22. The summed E-state index contributed by atoms with van der Waals surface area (Å²) in [6.07, 6.45) is 1.36. The summed E-state index contributed by atoms with van der Waals surface area (Å²) in [5, 5.41) is 0. The van der Waals surface area contributed by atoms with Crippen molar-refractivity contribution in [2.45, 2.75) is 6.54 Å². The molecule has 0 radical (unpaired) electrons. The Morgan fingerprint density at radius 1 is 1.67 bits per heavy atom. The molecule has 0 saturated carbocycles. The number of nitrogens with one attached hydrogen (secondary N) is 1. The summed E-state index contributed by atoms with van der Waals surface area (Å²) in [7, 11) is 0. The van der Waals surface area contributed by atoms with Crippen LogP contribution in [0.2, 0.25) is 0 Å². The highest BCUT2D eigenvalue weighted by Crippen LogP contribution is 2.11. The van der Waals surface area contributed by atoms with Crippen molar-refractivity contribution in [3.63, 3.8) is 0 Å². The third kappa shape index (κ3) is 2.16. The number of nitrogens with zero attached hydrogens (tertiary/aromatic N) is 2. The molecule has 0 unspecified atom stereocenters. The fraction of sp³-hybridized carbons (Fsp3) is 0.333. The van der Waals surface area contributed by atoms with E-state index in [-0.39, 0.29) is 6.09 Å². The maximum absolute atomic E-state index is 11.2. The van der Waals surface area contributed by atoms with E-state index in [0.29, 0.717) is 19.7 Å². The van der Waals surface area contributed by atoms with Gasteiger partial charge in [0.2, 0.25) is 0 Å². The standard InChI is InChI=1S/C9H12N4O2/c10-12-7-1-2-11-8(5-7)6-13-3-4-15-9(13)14/h1-2,5H,3-4,6,10H2,(H,11,12). The van der Waals surface area contributed by atoms with Crippen LogP contribution in [0.3, 0.4) is 0 Å². The van der Waals surface area contributed by atoms with Crippen molar-refractivity contribution in [2.75, 3.05) is 18.6 Å². The van der Waals surface area contributed by atoms with Gasteiger partial charge in [-0.15, -0.1) is 0 Å². The zero-order valence-corrected chi connectivity index (χ0v) is 8.14. The summed E-state index contributed by atoms with van der Waals surface area (Å²) in [4.78, 5) is 16.9. The second-order valence-corrected chi connectivity index (χ2v) is 3.22. The maximum atomic E-state index is 11.2. The molecule has 1 aromatic heterocycles. The van der Waals surface area contributed by atoms with Crippen LogP contribution in [0, 0.1) is 0 Å². The molecule has 1 fully saturated rings. The Balaban J connectivity index is 2.06. The minimum absolute atomic E-state index is 0.289. The predicted molar refractivity (Wildman–Crippen MR) is 53.8 cm³/mol. The van der Waals surface area contributed by atoms with E-state index in [9.17, 15) is 4.79 Å². The summed E-state index contributed by atoms with van der Waals surface area (Å²) in [5.41, 5.74) is 4.08. The minimum Gasteiger partial charge on any atom is -0.448 e. The SMILES string of the molecule is NNc1ccnc(CN2CCOC2=O)c1. The molecule has 1 saturated heterocycles. The predicted octanol–water partition coefficient (Wildman–Crippen LogP) is 0.319. The molecule has 6 nitrogen and oxygen atoms in total. The molecule has 3 N–H and O–H groups in total. The third-order valence-electron chi connectivity index (χ3n) is 2.18. The van der Waals surface area contributed by atoms with Gasteiger partial charge in [0.1, 0.15) is 6.61 Å². The first-order chi connectivity index (χ1) is 7.29. The number of aromatic nitrogens is 1. The van der Waals surface area contributed by atoms with Gasteiger partial charge in [0, 0.05) is 6.20 Å². The number of cyclic esters (lactones) is 1. The zero-order valence-electron chi connectivity index (χ0n) is 8.14. The Morgan fingerprint density at radius 2 is 2.53 bits per heavy atom. The van der Waals surface area contributed by atoms with Crippen LogP contribution in [0.4, 0.5) is 10.5 Å². The highest BCUT2D eigenvalue weighted by molar-refractivity contribution is 5.69. The molecular formula is C9H12N4O2. The molecule has 2 heterocycles. The molecule has 0 atom stereocenters. The van der Waals surface area contributed by atoms with Crippen molar-refractivity contribution >= 4 is 11.8 Å². The first-order valence-corrected chi connectivity index (χ1v) is 4.63. The van der Waals surface area contributed by atoms with Crippen LogP contribution in [0.15, 0.2) is 18.3 Å². The smallest absolute Gasteiger partial charge is 0.410 e. The summed E-state index contributed by atoms with van der Waals surface area (Å²) in [6.45, 7) is 1.52. The van der Waals surface area contributed by atoms with Crippen LogP contribution >= 0.6 is 0 Å². The molecule has 1 aliphatic rings. The fourth-order valence-corrected chi connectivity index (χ4v) is 1.42. The maximum Gasteiger partial charge on any atom is 0.410 e. The number of anilines is 1. The molecule has 0 aliphatic carbocycles. The molecule has 0 aromatic carbocycles.